The molecule has 0 aromatic heterocycles. The minimum atomic E-state index is -0.395. The molecule has 0 fully saturated rings. The number of alkyl halides is 1. The van der Waals surface area contributed by atoms with Crippen molar-refractivity contribution < 1.29 is 9.66 Å². The molecule has 1 aromatic carbocycles. The summed E-state index contributed by atoms with van der Waals surface area (Å²) in [7, 11) is 1.53. The van der Waals surface area contributed by atoms with Crippen molar-refractivity contribution in [3.63, 3.8) is 0 Å². The second kappa shape index (κ2) is 5.70. The third-order valence-corrected chi connectivity index (χ3v) is 2.83. The molecule has 0 saturated carbocycles. The van der Waals surface area contributed by atoms with E-state index in [0.717, 1.165) is 6.42 Å². The van der Waals surface area contributed by atoms with Crippen LogP contribution in [0.15, 0.2) is 18.2 Å². The Labute approximate surface area is 99.3 Å². The van der Waals surface area contributed by atoms with Crippen LogP contribution in [0.2, 0.25) is 0 Å². The van der Waals surface area contributed by atoms with Crippen molar-refractivity contribution in [3.05, 3.63) is 33.9 Å². The van der Waals surface area contributed by atoms with Crippen LogP contribution < -0.4 is 4.74 Å². The monoisotopic (exact) mass is 243 g/mol. The maximum atomic E-state index is 10.8. The summed E-state index contributed by atoms with van der Waals surface area (Å²) in [5.41, 5.74) is 0.714. The maximum absolute atomic E-state index is 10.8. The Hall–Kier alpha value is -1.29. The largest absolute Gasteiger partial charge is 0.497 e. The lowest BCUT2D eigenvalue weighted by Gasteiger charge is -2.08. The van der Waals surface area contributed by atoms with Gasteiger partial charge in [0, 0.05) is 17.0 Å². The van der Waals surface area contributed by atoms with E-state index in [0.29, 0.717) is 17.7 Å². The predicted molar refractivity (Wildman–Crippen MR) is 63.3 cm³/mol. The van der Waals surface area contributed by atoms with Gasteiger partial charge in [-0.2, -0.15) is 0 Å². The molecule has 0 heterocycles. The molecule has 0 N–H and O–H groups in total. The number of methoxy groups -OCH3 is 1. The fraction of sp³-hybridized carbons (Fsp3) is 0.455. The number of ether oxygens (including phenoxy) is 1. The summed E-state index contributed by atoms with van der Waals surface area (Å²) in [6.45, 7) is 1.95. The van der Waals surface area contributed by atoms with Gasteiger partial charge in [-0.15, -0.1) is 11.6 Å². The smallest absolute Gasteiger partial charge is 0.272 e. The van der Waals surface area contributed by atoms with Crippen molar-refractivity contribution >= 4 is 17.3 Å². The van der Waals surface area contributed by atoms with Crippen LogP contribution in [0.1, 0.15) is 18.9 Å². The summed E-state index contributed by atoms with van der Waals surface area (Å²) in [6.07, 6.45) is 1.25. The van der Waals surface area contributed by atoms with E-state index in [-0.39, 0.29) is 11.1 Å². The van der Waals surface area contributed by atoms with Crippen molar-refractivity contribution in [2.45, 2.75) is 25.1 Å². The number of hydrogen-bond donors (Lipinski definition) is 0. The molecule has 1 atom stereocenters. The van der Waals surface area contributed by atoms with Gasteiger partial charge in [-0.25, -0.2) is 0 Å². The maximum Gasteiger partial charge on any atom is 0.272 e. The van der Waals surface area contributed by atoms with Gasteiger partial charge in [0.2, 0.25) is 0 Å². The van der Waals surface area contributed by atoms with E-state index in [1.165, 1.54) is 13.2 Å². The second-order valence-corrected chi connectivity index (χ2v) is 4.08. The highest BCUT2D eigenvalue weighted by molar-refractivity contribution is 6.20. The van der Waals surface area contributed by atoms with Gasteiger partial charge >= 0.3 is 0 Å². The lowest BCUT2D eigenvalue weighted by molar-refractivity contribution is -0.385. The van der Waals surface area contributed by atoms with Gasteiger partial charge in [0.1, 0.15) is 5.75 Å². The number of nitro benzene ring substituents is 1. The molecular weight excluding hydrogens is 230 g/mol. The normalized spacial score (nSPS) is 12.2. The summed E-state index contributed by atoms with van der Waals surface area (Å²) >= 11 is 6.01. The molecule has 0 saturated heterocycles. The fourth-order valence-corrected chi connectivity index (χ4v) is 1.58. The summed E-state index contributed by atoms with van der Waals surface area (Å²) < 4.78 is 5.04. The zero-order valence-electron chi connectivity index (χ0n) is 9.27. The first-order valence-electron chi connectivity index (χ1n) is 5.03. The standard InChI is InChI=1S/C11H14ClNO3/c1-3-9(12)6-8-7-10(16-2)4-5-11(8)13(14)15/h4-5,7,9H,3,6H2,1-2H3. The van der Waals surface area contributed by atoms with Crippen LogP contribution >= 0.6 is 11.6 Å². The first kappa shape index (κ1) is 12.8. The lowest BCUT2D eigenvalue weighted by Crippen LogP contribution is -2.04. The average Bonchev–Trinajstić information content (AvgIpc) is 2.28. The molecule has 0 radical (unpaired) electrons. The van der Waals surface area contributed by atoms with Gasteiger partial charge in [0.15, 0.2) is 0 Å². The van der Waals surface area contributed by atoms with Crippen molar-refractivity contribution in [1.82, 2.24) is 0 Å². The van der Waals surface area contributed by atoms with Crippen LogP contribution in [-0.4, -0.2) is 17.4 Å². The van der Waals surface area contributed by atoms with Crippen LogP contribution in [0, 0.1) is 10.1 Å². The second-order valence-electron chi connectivity index (χ2n) is 3.46. The number of hydrogen-bond acceptors (Lipinski definition) is 3. The zero-order chi connectivity index (χ0) is 12.1. The first-order valence-corrected chi connectivity index (χ1v) is 5.47. The van der Waals surface area contributed by atoms with Gasteiger partial charge in [0.05, 0.1) is 12.0 Å². The molecule has 16 heavy (non-hydrogen) atoms. The molecule has 1 aromatic rings. The van der Waals surface area contributed by atoms with Gasteiger partial charge in [0.25, 0.3) is 5.69 Å². The molecule has 0 spiro atoms. The number of nitrogens with zero attached hydrogens (tertiary/aromatic N) is 1. The fourth-order valence-electron chi connectivity index (χ4n) is 1.41. The minimum Gasteiger partial charge on any atom is -0.497 e. The summed E-state index contributed by atoms with van der Waals surface area (Å²) in [5, 5.41) is 10.7. The van der Waals surface area contributed by atoms with E-state index in [1.807, 2.05) is 6.92 Å². The Morgan fingerprint density at radius 3 is 2.75 bits per heavy atom. The first-order chi connectivity index (χ1) is 7.58. The quantitative estimate of drug-likeness (QED) is 0.453. The van der Waals surface area contributed by atoms with Crippen molar-refractivity contribution in [2.24, 2.45) is 0 Å². The van der Waals surface area contributed by atoms with Crippen molar-refractivity contribution in [1.29, 1.82) is 0 Å². The summed E-state index contributed by atoms with van der Waals surface area (Å²) in [6, 6.07) is 4.70. The Morgan fingerprint density at radius 2 is 2.25 bits per heavy atom. The van der Waals surface area contributed by atoms with E-state index >= 15 is 0 Å². The molecule has 5 heteroatoms. The Morgan fingerprint density at radius 1 is 1.56 bits per heavy atom. The van der Waals surface area contributed by atoms with Gasteiger partial charge < -0.3 is 4.74 Å². The average molecular weight is 244 g/mol. The van der Waals surface area contributed by atoms with Crippen molar-refractivity contribution in [3.8, 4) is 5.75 Å². The Kier molecular flexibility index (Phi) is 4.55. The molecule has 1 rings (SSSR count). The highest BCUT2D eigenvalue weighted by Crippen LogP contribution is 2.26. The molecule has 1 unspecified atom stereocenters. The summed E-state index contributed by atoms with van der Waals surface area (Å²) in [5.74, 6) is 0.612. The third-order valence-electron chi connectivity index (χ3n) is 2.37. The van der Waals surface area contributed by atoms with Crippen LogP contribution in [0.3, 0.4) is 0 Å². The number of benzene rings is 1. The molecule has 88 valence electrons. The Balaban J connectivity index is 3.05. The lowest BCUT2D eigenvalue weighted by atomic mass is 10.1. The molecule has 0 aliphatic heterocycles. The predicted octanol–water partition coefficient (Wildman–Crippen LogP) is 3.16. The summed E-state index contributed by atoms with van der Waals surface area (Å²) in [4.78, 5) is 10.4. The van der Waals surface area contributed by atoms with Gasteiger partial charge in [-0.3, -0.25) is 10.1 Å². The molecular formula is C11H14ClNO3. The van der Waals surface area contributed by atoms with Crippen molar-refractivity contribution in [2.75, 3.05) is 7.11 Å². The zero-order valence-corrected chi connectivity index (χ0v) is 10.0. The van der Waals surface area contributed by atoms with E-state index in [9.17, 15) is 10.1 Å². The van der Waals surface area contributed by atoms with Crippen LogP contribution in [0.5, 0.6) is 5.75 Å². The Bertz CT molecular complexity index is 381. The molecule has 0 aliphatic rings. The van der Waals surface area contributed by atoms with E-state index in [4.69, 9.17) is 16.3 Å². The number of rotatable bonds is 5. The van der Waals surface area contributed by atoms with Crippen LogP contribution in [0.25, 0.3) is 0 Å². The van der Waals surface area contributed by atoms with Crippen LogP contribution in [-0.2, 0) is 6.42 Å². The number of halogens is 1. The van der Waals surface area contributed by atoms with Gasteiger partial charge in [-0.1, -0.05) is 6.92 Å². The van der Waals surface area contributed by atoms with E-state index < -0.39 is 4.92 Å². The molecule has 0 amide bonds. The molecule has 0 aliphatic carbocycles. The highest BCUT2D eigenvalue weighted by Gasteiger charge is 2.16. The van der Waals surface area contributed by atoms with Gasteiger partial charge in [-0.05, 0) is 25.0 Å². The third kappa shape index (κ3) is 3.10. The minimum absolute atomic E-state index is 0.0918. The topological polar surface area (TPSA) is 52.4 Å². The molecule has 0 bridgehead atoms. The number of nitro groups is 1. The van der Waals surface area contributed by atoms with E-state index in [2.05, 4.69) is 0 Å². The molecule has 4 nitrogen and oxygen atoms in total. The van der Waals surface area contributed by atoms with E-state index in [1.54, 1.807) is 12.1 Å². The highest BCUT2D eigenvalue weighted by atomic mass is 35.5. The SMILES string of the molecule is CCC(Cl)Cc1cc(OC)ccc1[N+](=O)[O-]. The van der Waals surface area contributed by atoms with Crippen LogP contribution in [0.4, 0.5) is 5.69 Å².